The van der Waals surface area contributed by atoms with E-state index in [0.29, 0.717) is 24.6 Å². The monoisotopic (exact) mass is 333 g/mol. The van der Waals surface area contributed by atoms with Crippen molar-refractivity contribution in [3.8, 4) is 10.7 Å². The highest BCUT2D eigenvalue weighted by molar-refractivity contribution is 7.13. The first kappa shape index (κ1) is 16.2. The van der Waals surface area contributed by atoms with Crippen LogP contribution in [0.3, 0.4) is 0 Å². The summed E-state index contributed by atoms with van der Waals surface area (Å²) in [4.78, 5) is 17.2. The molecule has 2 heterocycles. The van der Waals surface area contributed by atoms with E-state index in [1.54, 1.807) is 11.3 Å². The van der Waals surface area contributed by atoms with Crippen molar-refractivity contribution < 1.29 is 9.32 Å². The van der Waals surface area contributed by atoms with Crippen LogP contribution in [0.15, 0.2) is 22.0 Å². The maximum absolute atomic E-state index is 11.8. The Morgan fingerprint density at radius 2 is 2.26 bits per heavy atom. The van der Waals surface area contributed by atoms with Gasteiger partial charge in [0, 0.05) is 19.4 Å². The average Bonchev–Trinajstić information content (AvgIpc) is 3.31. The van der Waals surface area contributed by atoms with Crippen LogP contribution in [0.2, 0.25) is 0 Å². The minimum atomic E-state index is 0.0623. The molecule has 1 aliphatic carbocycles. The number of thiophene rings is 1. The Labute approximate surface area is 140 Å². The third-order valence-corrected chi connectivity index (χ3v) is 5.23. The van der Waals surface area contributed by atoms with Crippen molar-refractivity contribution in [1.29, 1.82) is 0 Å². The Balaban J connectivity index is 1.32. The first-order valence-electron chi connectivity index (χ1n) is 8.44. The first-order valence-corrected chi connectivity index (χ1v) is 9.32. The van der Waals surface area contributed by atoms with Gasteiger partial charge in [-0.3, -0.25) is 4.79 Å². The molecule has 0 bridgehead atoms. The van der Waals surface area contributed by atoms with Crippen molar-refractivity contribution in [1.82, 2.24) is 15.5 Å². The number of carbonyl (C=O) groups is 1. The standard InChI is InChI=1S/C17H23N3O2S/c21-15(18-11-3-7-13-5-1-2-6-13)9-10-16-19-17(20-22-16)14-8-4-12-23-14/h4,8,12-13H,1-3,5-7,9-11H2,(H,18,21). The van der Waals surface area contributed by atoms with Gasteiger partial charge in [0.25, 0.3) is 0 Å². The average molecular weight is 333 g/mol. The van der Waals surface area contributed by atoms with Crippen LogP contribution in [0.25, 0.3) is 10.7 Å². The smallest absolute Gasteiger partial charge is 0.227 e. The van der Waals surface area contributed by atoms with Crippen LogP contribution in [-0.4, -0.2) is 22.6 Å². The fourth-order valence-electron chi connectivity index (χ4n) is 3.09. The SMILES string of the molecule is O=C(CCc1nc(-c2cccs2)no1)NCCCC1CCCC1. The van der Waals surface area contributed by atoms with Crippen molar-refractivity contribution in [3.05, 3.63) is 23.4 Å². The molecule has 2 aromatic heterocycles. The van der Waals surface area contributed by atoms with Gasteiger partial charge in [-0.2, -0.15) is 4.98 Å². The maximum atomic E-state index is 11.8. The molecule has 0 aromatic carbocycles. The number of hydrogen-bond donors (Lipinski definition) is 1. The summed E-state index contributed by atoms with van der Waals surface area (Å²) in [5.74, 6) is 2.08. The van der Waals surface area contributed by atoms with Gasteiger partial charge in [0.05, 0.1) is 4.88 Å². The Morgan fingerprint density at radius 3 is 3.04 bits per heavy atom. The van der Waals surface area contributed by atoms with Crippen LogP contribution in [0.1, 0.15) is 50.8 Å². The number of hydrogen-bond acceptors (Lipinski definition) is 5. The summed E-state index contributed by atoms with van der Waals surface area (Å²) in [7, 11) is 0. The third-order valence-electron chi connectivity index (χ3n) is 4.36. The van der Waals surface area contributed by atoms with Gasteiger partial charge in [0.1, 0.15) is 0 Å². The van der Waals surface area contributed by atoms with E-state index in [2.05, 4.69) is 15.5 Å². The lowest BCUT2D eigenvalue weighted by molar-refractivity contribution is -0.121. The van der Waals surface area contributed by atoms with Crippen LogP contribution in [0, 0.1) is 5.92 Å². The highest BCUT2D eigenvalue weighted by Crippen LogP contribution is 2.28. The molecule has 1 saturated carbocycles. The summed E-state index contributed by atoms with van der Waals surface area (Å²) in [6.07, 6.45) is 8.73. The zero-order valence-electron chi connectivity index (χ0n) is 13.3. The lowest BCUT2D eigenvalue weighted by Gasteiger charge is -2.08. The van der Waals surface area contributed by atoms with E-state index in [1.165, 1.54) is 32.1 Å². The highest BCUT2D eigenvalue weighted by atomic mass is 32.1. The minimum absolute atomic E-state index is 0.0623. The molecule has 1 aliphatic rings. The quantitative estimate of drug-likeness (QED) is 0.746. The van der Waals surface area contributed by atoms with Crippen LogP contribution >= 0.6 is 11.3 Å². The minimum Gasteiger partial charge on any atom is -0.356 e. The molecule has 0 saturated heterocycles. The van der Waals surface area contributed by atoms with Crippen LogP contribution < -0.4 is 5.32 Å². The second-order valence-corrected chi connectivity index (χ2v) is 7.08. The molecule has 23 heavy (non-hydrogen) atoms. The molecule has 1 amide bonds. The summed E-state index contributed by atoms with van der Waals surface area (Å²) in [5.41, 5.74) is 0. The Hall–Kier alpha value is -1.69. The molecule has 124 valence electrons. The van der Waals surface area contributed by atoms with Crippen molar-refractivity contribution >= 4 is 17.2 Å². The topological polar surface area (TPSA) is 68.0 Å². The van der Waals surface area contributed by atoms with Crippen molar-refractivity contribution in [2.45, 2.75) is 51.4 Å². The maximum Gasteiger partial charge on any atom is 0.227 e. The summed E-state index contributed by atoms with van der Waals surface area (Å²) < 4.78 is 5.20. The highest BCUT2D eigenvalue weighted by Gasteiger charge is 2.14. The molecular weight excluding hydrogens is 310 g/mol. The fourth-order valence-corrected chi connectivity index (χ4v) is 3.74. The van der Waals surface area contributed by atoms with Crippen LogP contribution in [0.5, 0.6) is 0 Å². The number of aryl methyl sites for hydroxylation is 1. The lowest BCUT2D eigenvalue weighted by Crippen LogP contribution is -2.25. The molecule has 5 nitrogen and oxygen atoms in total. The van der Waals surface area contributed by atoms with Crippen LogP contribution in [-0.2, 0) is 11.2 Å². The Bertz CT molecular complexity index is 603. The fraction of sp³-hybridized carbons (Fsp3) is 0.588. The molecule has 2 aromatic rings. The van der Waals surface area contributed by atoms with E-state index >= 15 is 0 Å². The van der Waals surface area contributed by atoms with Gasteiger partial charge >= 0.3 is 0 Å². The van der Waals surface area contributed by atoms with Gasteiger partial charge in [-0.15, -0.1) is 11.3 Å². The summed E-state index contributed by atoms with van der Waals surface area (Å²) in [6.45, 7) is 0.777. The number of carbonyl (C=O) groups excluding carboxylic acids is 1. The van der Waals surface area contributed by atoms with Gasteiger partial charge in [-0.25, -0.2) is 0 Å². The zero-order valence-corrected chi connectivity index (χ0v) is 14.1. The van der Waals surface area contributed by atoms with Crippen molar-refractivity contribution in [3.63, 3.8) is 0 Å². The van der Waals surface area contributed by atoms with Gasteiger partial charge < -0.3 is 9.84 Å². The molecule has 0 atom stereocenters. The second kappa shape index (κ2) is 8.24. The number of aromatic nitrogens is 2. The molecular formula is C17H23N3O2S. The number of nitrogens with one attached hydrogen (secondary N) is 1. The molecule has 0 spiro atoms. The largest absolute Gasteiger partial charge is 0.356 e. The Morgan fingerprint density at radius 1 is 1.39 bits per heavy atom. The summed E-state index contributed by atoms with van der Waals surface area (Å²) in [5, 5.41) is 8.91. The van der Waals surface area contributed by atoms with Crippen molar-refractivity contribution in [2.24, 2.45) is 5.92 Å². The van der Waals surface area contributed by atoms with Crippen molar-refractivity contribution in [2.75, 3.05) is 6.54 Å². The van der Waals surface area contributed by atoms with Gasteiger partial charge in [0.2, 0.25) is 17.6 Å². The van der Waals surface area contributed by atoms with E-state index in [-0.39, 0.29) is 5.91 Å². The number of amides is 1. The first-order chi connectivity index (χ1) is 11.3. The van der Waals surface area contributed by atoms with E-state index in [4.69, 9.17) is 4.52 Å². The van der Waals surface area contributed by atoms with E-state index in [9.17, 15) is 4.79 Å². The summed E-state index contributed by atoms with van der Waals surface area (Å²) in [6, 6.07) is 3.91. The molecule has 3 rings (SSSR count). The Kier molecular flexibility index (Phi) is 5.80. The number of rotatable bonds is 8. The zero-order chi connectivity index (χ0) is 15.9. The molecule has 0 radical (unpaired) electrons. The molecule has 1 fully saturated rings. The van der Waals surface area contributed by atoms with Gasteiger partial charge in [0.15, 0.2) is 0 Å². The van der Waals surface area contributed by atoms with E-state index in [0.717, 1.165) is 23.8 Å². The predicted molar refractivity (Wildman–Crippen MR) is 90.1 cm³/mol. The van der Waals surface area contributed by atoms with Crippen LogP contribution in [0.4, 0.5) is 0 Å². The van der Waals surface area contributed by atoms with Gasteiger partial charge in [-0.05, 0) is 30.2 Å². The van der Waals surface area contributed by atoms with E-state index in [1.807, 2.05) is 17.5 Å². The second-order valence-electron chi connectivity index (χ2n) is 6.13. The summed E-state index contributed by atoms with van der Waals surface area (Å²) >= 11 is 1.57. The lowest BCUT2D eigenvalue weighted by atomic mass is 10.0. The molecule has 6 heteroatoms. The normalized spacial score (nSPS) is 15.1. The third kappa shape index (κ3) is 4.89. The molecule has 0 unspecified atom stereocenters. The molecule has 0 aliphatic heterocycles. The van der Waals surface area contributed by atoms with Gasteiger partial charge in [-0.1, -0.05) is 36.9 Å². The van der Waals surface area contributed by atoms with E-state index < -0.39 is 0 Å². The molecule has 1 N–H and O–H groups in total. The number of nitrogens with zero attached hydrogens (tertiary/aromatic N) is 2. The predicted octanol–water partition coefficient (Wildman–Crippen LogP) is 3.82.